The van der Waals surface area contributed by atoms with Crippen molar-refractivity contribution in [1.82, 2.24) is 29.5 Å². The van der Waals surface area contributed by atoms with Gasteiger partial charge in [0, 0.05) is 51.7 Å². The molecule has 0 saturated carbocycles. The van der Waals surface area contributed by atoms with Crippen LogP contribution in [0.25, 0.3) is 0 Å². The number of aliphatic hydroxyl groups is 1. The quantitative estimate of drug-likeness (QED) is 0.736. The molecule has 0 aromatic carbocycles. The van der Waals surface area contributed by atoms with E-state index in [0.29, 0.717) is 25.4 Å². The Morgan fingerprint density at radius 1 is 1.20 bits per heavy atom. The number of likely N-dealkylation sites (tertiary alicyclic amines) is 1. The Kier molecular flexibility index (Phi) is 6.39. The Hall–Kier alpha value is -1.51. The van der Waals surface area contributed by atoms with Crippen LogP contribution >= 0.6 is 0 Å². The van der Waals surface area contributed by atoms with Gasteiger partial charge in [0.2, 0.25) is 5.91 Å². The van der Waals surface area contributed by atoms with Crippen LogP contribution in [0.3, 0.4) is 0 Å². The van der Waals surface area contributed by atoms with Gasteiger partial charge in [0.05, 0.1) is 6.54 Å². The Morgan fingerprint density at radius 2 is 2.04 bits per heavy atom. The zero-order valence-corrected chi connectivity index (χ0v) is 15.1. The molecule has 8 heteroatoms. The third kappa shape index (κ3) is 4.99. The maximum absolute atomic E-state index is 12.5. The summed E-state index contributed by atoms with van der Waals surface area (Å²) in [6.07, 6.45) is 4.74. The summed E-state index contributed by atoms with van der Waals surface area (Å²) in [5, 5.41) is 13.8. The Labute approximate surface area is 149 Å². The van der Waals surface area contributed by atoms with Crippen molar-refractivity contribution in [3.63, 3.8) is 0 Å². The molecule has 2 aliphatic heterocycles. The maximum atomic E-state index is 12.5. The number of carbonyl (C=O) groups excluding carboxylic acids is 1. The highest BCUT2D eigenvalue weighted by atomic mass is 16.3. The minimum Gasteiger partial charge on any atom is -0.396 e. The van der Waals surface area contributed by atoms with Gasteiger partial charge in [0.1, 0.15) is 12.7 Å². The van der Waals surface area contributed by atoms with Crippen LogP contribution in [-0.2, 0) is 11.3 Å². The molecule has 1 amide bonds. The molecular formula is C17H30N6O2. The standard InChI is InChI=1S/C17H30N6O2/c1-20-4-2-5-21(8-7-20)9-15-10-22(11-16(15)12-24)17(25)3-6-23-14-18-13-19-23/h13-16,24H,2-12H2,1H3/t15-,16-/m1/s1. The number of hydrogen-bond acceptors (Lipinski definition) is 6. The van der Waals surface area contributed by atoms with Gasteiger partial charge in [-0.1, -0.05) is 0 Å². The zero-order chi connectivity index (χ0) is 17.6. The normalized spacial score (nSPS) is 26.1. The molecule has 8 nitrogen and oxygen atoms in total. The molecule has 2 fully saturated rings. The monoisotopic (exact) mass is 350 g/mol. The smallest absolute Gasteiger partial charge is 0.224 e. The summed E-state index contributed by atoms with van der Waals surface area (Å²) in [6, 6.07) is 0. The Balaban J connectivity index is 1.50. The first kappa shape index (κ1) is 18.3. The summed E-state index contributed by atoms with van der Waals surface area (Å²) in [4.78, 5) is 23.2. The minimum absolute atomic E-state index is 0.145. The number of hydrogen-bond donors (Lipinski definition) is 1. The second kappa shape index (κ2) is 8.73. The molecule has 0 spiro atoms. The van der Waals surface area contributed by atoms with Crippen molar-refractivity contribution in [2.75, 3.05) is 59.5 Å². The van der Waals surface area contributed by atoms with Crippen molar-refractivity contribution in [3.8, 4) is 0 Å². The van der Waals surface area contributed by atoms with Gasteiger partial charge in [0.25, 0.3) is 0 Å². The first-order valence-corrected chi connectivity index (χ1v) is 9.27. The maximum Gasteiger partial charge on any atom is 0.224 e. The zero-order valence-electron chi connectivity index (χ0n) is 15.1. The predicted molar refractivity (Wildman–Crippen MR) is 93.8 cm³/mol. The molecule has 1 aromatic rings. The number of carbonyl (C=O) groups is 1. The van der Waals surface area contributed by atoms with Gasteiger partial charge in [-0.2, -0.15) is 5.10 Å². The summed E-state index contributed by atoms with van der Waals surface area (Å²) in [6.45, 7) is 7.55. The van der Waals surface area contributed by atoms with Crippen molar-refractivity contribution in [2.24, 2.45) is 11.8 Å². The first-order chi connectivity index (χ1) is 12.2. The van der Waals surface area contributed by atoms with Gasteiger partial charge in [-0.25, -0.2) is 4.98 Å². The van der Waals surface area contributed by atoms with Crippen LogP contribution in [0.5, 0.6) is 0 Å². The average Bonchev–Trinajstić information content (AvgIpc) is 3.22. The summed E-state index contributed by atoms with van der Waals surface area (Å²) in [7, 11) is 2.17. The van der Waals surface area contributed by atoms with E-state index in [-0.39, 0.29) is 18.4 Å². The van der Waals surface area contributed by atoms with Crippen molar-refractivity contribution in [1.29, 1.82) is 0 Å². The number of aromatic nitrogens is 3. The molecule has 25 heavy (non-hydrogen) atoms. The number of nitrogens with zero attached hydrogens (tertiary/aromatic N) is 6. The third-order valence-electron chi connectivity index (χ3n) is 5.49. The van der Waals surface area contributed by atoms with E-state index < -0.39 is 0 Å². The lowest BCUT2D eigenvalue weighted by molar-refractivity contribution is -0.130. The van der Waals surface area contributed by atoms with E-state index in [1.807, 2.05) is 4.90 Å². The molecule has 2 saturated heterocycles. The number of likely N-dealkylation sites (N-methyl/N-ethyl adjacent to an activating group) is 1. The molecule has 0 unspecified atom stereocenters. The molecule has 0 bridgehead atoms. The van der Waals surface area contributed by atoms with E-state index in [1.165, 1.54) is 12.7 Å². The van der Waals surface area contributed by atoms with Crippen LogP contribution in [-0.4, -0.2) is 99.9 Å². The fourth-order valence-electron chi connectivity index (χ4n) is 3.89. The average molecular weight is 350 g/mol. The molecule has 1 N–H and O–H groups in total. The second-order valence-corrected chi connectivity index (χ2v) is 7.37. The van der Waals surface area contributed by atoms with Gasteiger partial charge in [-0.05, 0) is 32.5 Å². The molecule has 140 valence electrons. The number of aliphatic hydroxyl groups excluding tert-OH is 1. The van der Waals surface area contributed by atoms with Crippen LogP contribution in [0.1, 0.15) is 12.8 Å². The number of rotatable bonds is 6. The number of aryl methyl sites for hydroxylation is 1. The van der Waals surface area contributed by atoms with E-state index >= 15 is 0 Å². The van der Waals surface area contributed by atoms with E-state index in [2.05, 4.69) is 26.9 Å². The van der Waals surface area contributed by atoms with Crippen LogP contribution in [0.4, 0.5) is 0 Å². The van der Waals surface area contributed by atoms with E-state index in [0.717, 1.165) is 39.3 Å². The molecule has 2 atom stereocenters. The third-order valence-corrected chi connectivity index (χ3v) is 5.49. The molecule has 0 aliphatic carbocycles. The van der Waals surface area contributed by atoms with Crippen molar-refractivity contribution in [3.05, 3.63) is 12.7 Å². The van der Waals surface area contributed by atoms with Crippen LogP contribution in [0, 0.1) is 11.8 Å². The SMILES string of the molecule is CN1CCCN(C[C@@H]2CN(C(=O)CCn3cncn3)C[C@@H]2CO)CC1. The molecule has 1 aromatic heterocycles. The highest BCUT2D eigenvalue weighted by molar-refractivity contribution is 5.76. The van der Waals surface area contributed by atoms with E-state index in [1.54, 1.807) is 11.0 Å². The molecule has 3 heterocycles. The molecule has 0 radical (unpaired) electrons. The van der Waals surface area contributed by atoms with E-state index in [4.69, 9.17) is 0 Å². The van der Waals surface area contributed by atoms with Gasteiger partial charge in [-0.15, -0.1) is 0 Å². The number of amides is 1. The summed E-state index contributed by atoms with van der Waals surface area (Å²) in [5.41, 5.74) is 0. The van der Waals surface area contributed by atoms with Gasteiger partial charge >= 0.3 is 0 Å². The van der Waals surface area contributed by atoms with Gasteiger partial charge in [0.15, 0.2) is 0 Å². The van der Waals surface area contributed by atoms with E-state index in [9.17, 15) is 9.90 Å². The highest BCUT2D eigenvalue weighted by Gasteiger charge is 2.35. The first-order valence-electron chi connectivity index (χ1n) is 9.27. The molecule has 3 rings (SSSR count). The van der Waals surface area contributed by atoms with Crippen molar-refractivity contribution < 1.29 is 9.90 Å². The Morgan fingerprint density at radius 3 is 2.80 bits per heavy atom. The van der Waals surface area contributed by atoms with Crippen molar-refractivity contribution in [2.45, 2.75) is 19.4 Å². The fourth-order valence-corrected chi connectivity index (χ4v) is 3.89. The van der Waals surface area contributed by atoms with Gasteiger partial charge in [-0.3, -0.25) is 9.48 Å². The summed E-state index contributed by atoms with van der Waals surface area (Å²) >= 11 is 0. The second-order valence-electron chi connectivity index (χ2n) is 7.37. The summed E-state index contributed by atoms with van der Waals surface area (Å²) in [5.74, 6) is 0.701. The van der Waals surface area contributed by atoms with Gasteiger partial charge < -0.3 is 19.8 Å². The highest BCUT2D eigenvalue weighted by Crippen LogP contribution is 2.25. The van der Waals surface area contributed by atoms with Crippen LogP contribution < -0.4 is 0 Å². The fraction of sp³-hybridized carbons (Fsp3) is 0.824. The van der Waals surface area contributed by atoms with Crippen LogP contribution in [0.15, 0.2) is 12.7 Å². The lowest BCUT2D eigenvalue weighted by atomic mass is 9.96. The molecule has 2 aliphatic rings. The topological polar surface area (TPSA) is 77.7 Å². The summed E-state index contributed by atoms with van der Waals surface area (Å²) < 4.78 is 1.68. The largest absolute Gasteiger partial charge is 0.396 e. The van der Waals surface area contributed by atoms with Crippen LogP contribution in [0.2, 0.25) is 0 Å². The minimum atomic E-state index is 0.145. The molecular weight excluding hydrogens is 320 g/mol. The lowest BCUT2D eigenvalue weighted by Gasteiger charge is -2.26. The van der Waals surface area contributed by atoms with Crippen molar-refractivity contribution >= 4 is 5.91 Å². The predicted octanol–water partition coefficient (Wildman–Crippen LogP) is -0.627. The lowest BCUT2D eigenvalue weighted by Crippen LogP contribution is -2.36. The Bertz CT molecular complexity index is 537.